The fraction of sp³-hybridized carbons (Fsp3) is 0.0667. The van der Waals surface area contributed by atoms with Gasteiger partial charge in [-0.25, -0.2) is 15.3 Å². The highest BCUT2D eigenvalue weighted by Crippen LogP contribution is 2.23. The van der Waals surface area contributed by atoms with E-state index in [4.69, 9.17) is 4.84 Å². The Bertz CT molecular complexity index is 606. The molecule has 0 saturated carbocycles. The average Bonchev–Trinajstić information content (AvgIpc) is 2.98. The van der Waals surface area contributed by atoms with Crippen molar-refractivity contribution >= 4 is 12.1 Å². The summed E-state index contributed by atoms with van der Waals surface area (Å²) in [6.45, 7) is 0. The van der Waals surface area contributed by atoms with E-state index in [1.54, 1.807) is 12.1 Å². The summed E-state index contributed by atoms with van der Waals surface area (Å²) in [5.41, 5.74) is 5.36. The lowest BCUT2D eigenvalue weighted by molar-refractivity contribution is 0.0377. The minimum Gasteiger partial charge on any atom is -0.298 e. The molecule has 1 N–H and O–H groups in total. The van der Waals surface area contributed by atoms with E-state index in [0.717, 1.165) is 17.4 Å². The Morgan fingerprint density at radius 1 is 1.05 bits per heavy atom. The van der Waals surface area contributed by atoms with Crippen LogP contribution in [0, 0.1) is 0 Å². The van der Waals surface area contributed by atoms with Crippen molar-refractivity contribution in [1.82, 2.24) is 5.48 Å². The summed E-state index contributed by atoms with van der Waals surface area (Å²) in [6.07, 6.45) is 0.437. The number of nitrogens with one attached hydrogen (secondary N) is 1. The summed E-state index contributed by atoms with van der Waals surface area (Å²) >= 11 is 0. The van der Waals surface area contributed by atoms with Gasteiger partial charge in [0, 0.05) is 16.7 Å². The van der Waals surface area contributed by atoms with Crippen molar-refractivity contribution < 1.29 is 9.63 Å². The fourth-order valence-electron chi connectivity index (χ4n) is 1.89. The smallest absolute Gasteiger partial charge is 0.202 e. The largest absolute Gasteiger partial charge is 0.298 e. The Kier molecular flexibility index (Phi) is 3.08. The molecule has 0 bridgehead atoms. The van der Waals surface area contributed by atoms with Gasteiger partial charge in [-0.1, -0.05) is 54.6 Å². The van der Waals surface area contributed by atoms with Crippen molar-refractivity contribution in [2.45, 2.75) is 6.23 Å². The highest BCUT2D eigenvalue weighted by Gasteiger charge is 2.20. The quantitative estimate of drug-likeness (QED) is 0.854. The molecule has 1 unspecified atom stereocenters. The fourth-order valence-corrected chi connectivity index (χ4v) is 1.89. The predicted octanol–water partition coefficient (Wildman–Crippen LogP) is 2.48. The number of amidine groups is 1. The van der Waals surface area contributed by atoms with Crippen molar-refractivity contribution in [3.63, 3.8) is 0 Å². The molecule has 0 aromatic heterocycles. The van der Waals surface area contributed by atoms with Gasteiger partial charge in [-0.3, -0.25) is 4.79 Å². The molecule has 19 heavy (non-hydrogen) atoms. The molecular weight excluding hydrogens is 240 g/mol. The van der Waals surface area contributed by atoms with Gasteiger partial charge in [0.25, 0.3) is 0 Å². The zero-order chi connectivity index (χ0) is 13.1. The first-order valence-corrected chi connectivity index (χ1v) is 5.97. The predicted molar refractivity (Wildman–Crippen MR) is 71.8 cm³/mol. The lowest BCUT2D eigenvalue weighted by Gasteiger charge is -2.05. The Balaban J connectivity index is 1.84. The van der Waals surface area contributed by atoms with Gasteiger partial charge >= 0.3 is 0 Å². The highest BCUT2D eigenvalue weighted by molar-refractivity contribution is 5.98. The van der Waals surface area contributed by atoms with E-state index in [-0.39, 0.29) is 6.23 Å². The molecule has 0 saturated heterocycles. The molecule has 0 fully saturated rings. The molecule has 1 atom stereocenters. The molecule has 1 heterocycles. The van der Waals surface area contributed by atoms with Crippen LogP contribution in [0.15, 0.2) is 59.6 Å². The molecular formula is C15H12N2O2. The van der Waals surface area contributed by atoms with Gasteiger partial charge in [0.1, 0.15) is 6.29 Å². The lowest BCUT2D eigenvalue weighted by atomic mass is 10.1. The Morgan fingerprint density at radius 2 is 1.79 bits per heavy atom. The van der Waals surface area contributed by atoms with Crippen LogP contribution in [0.1, 0.15) is 27.7 Å². The summed E-state index contributed by atoms with van der Waals surface area (Å²) in [5.74, 6) is 0.713. The highest BCUT2D eigenvalue weighted by atomic mass is 16.7. The van der Waals surface area contributed by atoms with E-state index in [1.165, 1.54) is 0 Å². The van der Waals surface area contributed by atoms with E-state index in [0.29, 0.717) is 11.4 Å². The third kappa shape index (κ3) is 2.39. The number of carbonyl (C=O) groups is 1. The van der Waals surface area contributed by atoms with Crippen LogP contribution in [0.25, 0.3) is 0 Å². The number of aldehydes is 1. The maximum atomic E-state index is 10.6. The monoisotopic (exact) mass is 252 g/mol. The summed E-state index contributed by atoms with van der Waals surface area (Å²) < 4.78 is 0. The number of hydroxylamine groups is 1. The zero-order valence-corrected chi connectivity index (χ0v) is 10.1. The minimum absolute atomic E-state index is 0.379. The van der Waals surface area contributed by atoms with Crippen LogP contribution in [0.4, 0.5) is 0 Å². The second-order valence-electron chi connectivity index (χ2n) is 4.20. The van der Waals surface area contributed by atoms with Crippen molar-refractivity contribution in [2.75, 3.05) is 0 Å². The Hall–Kier alpha value is -2.46. The van der Waals surface area contributed by atoms with Gasteiger partial charge < -0.3 is 0 Å². The first kappa shape index (κ1) is 11.6. The standard InChI is InChI=1S/C15H12N2O2/c18-10-11-6-8-13(9-7-11)15-16-14(17-19-15)12-4-2-1-3-5-12/h1-10,15H,(H,16,17). The average molecular weight is 252 g/mol. The molecule has 2 aromatic rings. The lowest BCUT2D eigenvalue weighted by Crippen LogP contribution is -2.17. The van der Waals surface area contributed by atoms with E-state index >= 15 is 0 Å². The topological polar surface area (TPSA) is 50.7 Å². The van der Waals surface area contributed by atoms with Crippen molar-refractivity contribution in [3.05, 3.63) is 71.3 Å². The van der Waals surface area contributed by atoms with Crippen LogP contribution in [-0.4, -0.2) is 12.1 Å². The summed E-state index contributed by atoms with van der Waals surface area (Å²) in [7, 11) is 0. The molecule has 4 heteroatoms. The maximum absolute atomic E-state index is 10.6. The van der Waals surface area contributed by atoms with Crippen LogP contribution in [-0.2, 0) is 4.84 Å². The molecule has 0 spiro atoms. The summed E-state index contributed by atoms with van der Waals surface area (Å²) in [6, 6.07) is 17.0. The van der Waals surface area contributed by atoms with Gasteiger partial charge in [-0.15, -0.1) is 0 Å². The van der Waals surface area contributed by atoms with Crippen LogP contribution in [0.3, 0.4) is 0 Å². The normalized spacial score (nSPS) is 17.7. The molecule has 1 aliphatic rings. The second kappa shape index (κ2) is 5.04. The Labute approximate surface area is 110 Å². The number of benzene rings is 2. The van der Waals surface area contributed by atoms with Gasteiger partial charge in [0.15, 0.2) is 5.84 Å². The molecule has 0 aliphatic carbocycles. The number of rotatable bonds is 3. The van der Waals surface area contributed by atoms with E-state index in [2.05, 4.69) is 10.5 Å². The van der Waals surface area contributed by atoms with Crippen LogP contribution in [0.5, 0.6) is 0 Å². The number of aliphatic imine (C=N–C) groups is 1. The van der Waals surface area contributed by atoms with Crippen LogP contribution in [0.2, 0.25) is 0 Å². The molecule has 94 valence electrons. The first-order valence-electron chi connectivity index (χ1n) is 5.97. The molecule has 4 nitrogen and oxygen atoms in total. The SMILES string of the molecule is O=Cc1ccc(C2N=C(c3ccccc3)NO2)cc1. The van der Waals surface area contributed by atoms with Gasteiger partial charge in [-0.2, -0.15) is 0 Å². The van der Waals surface area contributed by atoms with E-state index in [1.807, 2.05) is 42.5 Å². The summed E-state index contributed by atoms with van der Waals surface area (Å²) in [5, 5.41) is 0. The number of hydrogen-bond donors (Lipinski definition) is 1. The molecule has 0 radical (unpaired) electrons. The number of nitrogens with zero attached hydrogens (tertiary/aromatic N) is 1. The number of carbonyl (C=O) groups excluding carboxylic acids is 1. The van der Waals surface area contributed by atoms with E-state index in [9.17, 15) is 4.79 Å². The third-order valence-electron chi connectivity index (χ3n) is 2.92. The van der Waals surface area contributed by atoms with E-state index < -0.39 is 0 Å². The van der Waals surface area contributed by atoms with Gasteiger partial charge in [0.2, 0.25) is 6.23 Å². The van der Waals surface area contributed by atoms with Crippen molar-refractivity contribution in [1.29, 1.82) is 0 Å². The van der Waals surface area contributed by atoms with Gasteiger partial charge in [0.05, 0.1) is 0 Å². The van der Waals surface area contributed by atoms with Crippen LogP contribution < -0.4 is 5.48 Å². The van der Waals surface area contributed by atoms with Crippen molar-refractivity contribution in [2.24, 2.45) is 4.99 Å². The molecule has 1 aliphatic heterocycles. The van der Waals surface area contributed by atoms with Gasteiger partial charge in [-0.05, 0) is 0 Å². The van der Waals surface area contributed by atoms with Crippen molar-refractivity contribution in [3.8, 4) is 0 Å². The minimum atomic E-state index is -0.379. The zero-order valence-electron chi connectivity index (χ0n) is 10.1. The number of hydrogen-bond acceptors (Lipinski definition) is 4. The Morgan fingerprint density at radius 3 is 2.47 bits per heavy atom. The molecule has 2 aromatic carbocycles. The summed E-state index contributed by atoms with van der Waals surface area (Å²) in [4.78, 5) is 20.5. The maximum Gasteiger partial charge on any atom is 0.202 e. The molecule has 0 amide bonds. The molecule has 3 rings (SSSR count). The first-order chi connectivity index (χ1) is 9.36. The third-order valence-corrected chi connectivity index (χ3v) is 2.92. The second-order valence-corrected chi connectivity index (χ2v) is 4.20. The van der Waals surface area contributed by atoms with Crippen LogP contribution >= 0.6 is 0 Å².